The third-order valence-electron chi connectivity index (χ3n) is 2.13. The molecule has 0 aliphatic heterocycles. The first-order chi connectivity index (χ1) is 7.46. The Kier molecular flexibility index (Phi) is 6.79. The molecular weight excluding hydrogens is 206 g/mol. The van der Waals surface area contributed by atoms with Crippen molar-refractivity contribution in [2.24, 2.45) is 11.7 Å². The molecule has 2 atom stereocenters. The lowest BCUT2D eigenvalue weighted by Crippen LogP contribution is -2.39. The molecule has 0 bridgehead atoms. The van der Waals surface area contributed by atoms with Gasteiger partial charge in [-0.25, -0.2) is 0 Å². The topological polar surface area (TPSA) is 80.4 Å². The number of carboxylic acids is 1. The van der Waals surface area contributed by atoms with Crippen molar-refractivity contribution in [2.45, 2.75) is 19.9 Å². The van der Waals surface area contributed by atoms with E-state index >= 15 is 0 Å². The molecule has 0 saturated heterocycles. The summed E-state index contributed by atoms with van der Waals surface area (Å²) in [5, 5.41) is 8.32. The standard InChI is InChI=1S/C6H11NO3.C6H6/c1-3(4(2)8)5(7)6(9)10;1-2-4-6-5-3-1/h3,5H,7H2,1-2H3,(H,9,10);1-6H/t3?,5-;/m0./s1. The van der Waals surface area contributed by atoms with E-state index in [1.807, 2.05) is 36.4 Å². The van der Waals surface area contributed by atoms with Crippen LogP contribution in [0.2, 0.25) is 0 Å². The van der Waals surface area contributed by atoms with E-state index in [2.05, 4.69) is 0 Å². The zero-order chi connectivity index (χ0) is 12.6. The van der Waals surface area contributed by atoms with Gasteiger partial charge >= 0.3 is 5.97 Å². The van der Waals surface area contributed by atoms with Gasteiger partial charge in [-0.05, 0) is 6.92 Å². The summed E-state index contributed by atoms with van der Waals surface area (Å²) in [5.74, 6) is -1.94. The molecular formula is C12H17NO3. The van der Waals surface area contributed by atoms with E-state index in [0.717, 1.165) is 0 Å². The minimum absolute atomic E-state index is 0.199. The summed E-state index contributed by atoms with van der Waals surface area (Å²) >= 11 is 0. The molecule has 1 unspecified atom stereocenters. The van der Waals surface area contributed by atoms with Crippen LogP contribution < -0.4 is 5.73 Å². The van der Waals surface area contributed by atoms with Gasteiger partial charge < -0.3 is 10.8 Å². The molecule has 4 heteroatoms. The molecule has 1 aromatic rings. The number of Topliss-reactive ketones (excluding diaryl/α,β-unsaturated/α-hetero) is 1. The van der Waals surface area contributed by atoms with Gasteiger partial charge in [0, 0.05) is 5.92 Å². The maximum Gasteiger partial charge on any atom is 0.321 e. The van der Waals surface area contributed by atoms with Gasteiger partial charge in [0.15, 0.2) is 0 Å². The molecule has 1 rings (SSSR count). The van der Waals surface area contributed by atoms with Crippen LogP contribution in [-0.2, 0) is 9.59 Å². The number of carboxylic acid groups (broad SMARTS) is 1. The average molecular weight is 223 g/mol. The Morgan fingerprint density at radius 3 is 1.50 bits per heavy atom. The maximum absolute atomic E-state index is 10.5. The summed E-state index contributed by atoms with van der Waals surface area (Å²) < 4.78 is 0. The van der Waals surface area contributed by atoms with E-state index in [1.54, 1.807) is 0 Å². The van der Waals surface area contributed by atoms with Crippen molar-refractivity contribution < 1.29 is 14.7 Å². The van der Waals surface area contributed by atoms with Crippen molar-refractivity contribution in [1.82, 2.24) is 0 Å². The molecule has 3 N–H and O–H groups in total. The predicted molar refractivity (Wildman–Crippen MR) is 61.9 cm³/mol. The summed E-state index contributed by atoms with van der Waals surface area (Å²) in [6.07, 6.45) is 0. The number of nitrogens with two attached hydrogens (primary N) is 1. The molecule has 0 saturated carbocycles. The summed E-state index contributed by atoms with van der Waals surface area (Å²) in [7, 11) is 0. The fraction of sp³-hybridized carbons (Fsp3) is 0.333. The Balaban J connectivity index is 0.000000315. The van der Waals surface area contributed by atoms with Gasteiger partial charge in [0.1, 0.15) is 11.8 Å². The quantitative estimate of drug-likeness (QED) is 0.809. The lowest BCUT2D eigenvalue weighted by atomic mass is 9.99. The Morgan fingerprint density at radius 2 is 1.38 bits per heavy atom. The third-order valence-corrected chi connectivity index (χ3v) is 2.13. The highest BCUT2D eigenvalue weighted by Crippen LogP contribution is 2.00. The molecule has 0 fully saturated rings. The van der Waals surface area contributed by atoms with E-state index in [-0.39, 0.29) is 5.78 Å². The molecule has 0 radical (unpaired) electrons. The third kappa shape index (κ3) is 5.93. The highest BCUT2D eigenvalue weighted by atomic mass is 16.4. The average Bonchev–Trinajstić information content (AvgIpc) is 2.30. The Labute approximate surface area is 95.1 Å². The molecule has 0 aliphatic rings. The fourth-order valence-electron chi connectivity index (χ4n) is 0.852. The van der Waals surface area contributed by atoms with Crippen molar-refractivity contribution in [3.05, 3.63) is 36.4 Å². The highest BCUT2D eigenvalue weighted by Gasteiger charge is 2.22. The second-order valence-electron chi connectivity index (χ2n) is 3.42. The zero-order valence-electron chi connectivity index (χ0n) is 9.46. The van der Waals surface area contributed by atoms with Crippen LogP contribution in [0.15, 0.2) is 36.4 Å². The Morgan fingerprint density at radius 1 is 1.06 bits per heavy atom. The molecule has 0 amide bonds. The van der Waals surface area contributed by atoms with Gasteiger partial charge in [0.2, 0.25) is 0 Å². The Hall–Kier alpha value is -1.68. The van der Waals surface area contributed by atoms with Gasteiger partial charge in [-0.2, -0.15) is 0 Å². The molecule has 0 aliphatic carbocycles. The lowest BCUT2D eigenvalue weighted by Gasteiger charge is -2.11. The normalized spacial score (nSPS) is 12.9. The highest BCUT2D eigenvalue weighted by molar-refractivity contribution is 5.85. The SMILES string of the molecule is CC(=O)C(C)[C@H](N)C(=O)O.c1ccccc1. The van der Waals surface area contributed by atoms with Crippen LogP contribution >= 0.6 is 0 Å². The molecule has 0 aromatic heterocycles. The predicted octanol–water partition coefficient (Wildman–Crippen LogP) is 1.31. The number of carbonyl (C=O) groups excluding carboxylic acids is 1. The van der Waals surface area contributed by atoms with Crippen LogP contribution in [0.5, 0.6) is 0 Å². The number of ketones is 1. The smallest absolute Gasteiger partial charge is 0.321 e. The molecule has 1 aromatic carbocycles. The van der Waals surface area contributed by atoms with Gasteiger partial charge in [-0.1, -0.05) is 43.3 Å². The number of hydrogen-bond donors (Lipinski definition) is 2. The molecule has 0 spiro atoms. The van der Waals surface area contributed by atoms with Crippen molar-refractivity contribution in [3.63, 3.8) is 0 Å². The summed E-state index contributed by atoms with van der Waals surface area (Å²) in [4.78, 5) is 20.7. The van der Waals surface area contributed by atoms with Gasteiger partial charge in [0.05, 0.1) is 0 Å². The zero-order valence-corrected chi connectivity index (χ0v) is 9.46. The molecule has 0 heterocycles. The molecule has 4 nitrogen and oxygen atoms in total. The molecule has 16 heavy (non-hydrogen) atoms. The largest absolute Gasteiger partial charge is 0.480 e. The number of benzene rings is 1. The second kappa shape index (κ2) is 7.59. The van der Waals surface area contributed by atoms with Crippen LogP contribution in [0, 0.1) is 5.92 Å². The summed E-state index contributed by atoms with van der Waals surface area (Å²) in [6.45, 7) is 2.83. The van der Waals surface area contributed by atoms with Crippen LogP contribution in [0.3, 0.4) is 0 Å². The Bertz CT molecular complexity index is 280. The first kappa shape index (κ1) is 14.3. The van der Waals surface area contributed by atoms with Gasteiger partial charge in [-0.3, -0.25) is 9.59 Å². The van der Waals surface area contributed by atoms with Crippen molar-refractivity contribution in [2.75, 3.05) is 0 Å². The minimum Gasteiger partial charge on any atom is -0.480 e. The minimum atomic E-state index is -1.14. The van der Waals surface area contributed by atoms with Crippen LogP contribution in [-0.4, -0.2) is 22.9 Å². The van der Waals surface area contributed by atoms with E-state index in [0.29, 0.717) is 0 Å². The van der Waals surface area contributed by atoms with Crippen molar-refractivity contribution in [3.8, 4) is 0 Å². The number of hydrogen-bond acceptors (Lipinski definition) is 3. The van der Waals surface area contributed by atoms with Crippen molar-refractivity contribution >= 4 is 11.8 Å². The first-order valence-electron chi connectivity index (χ1n) is 4.95. The van der Waals surface area contributed by atoms with Crippen LogP contribution in [0.25, 0.3) is 0 Å². The van der Waals surface area contributed by atoms with E-state index in [1.165, 1.54) is 13.8 Å². The van der Waals surface area contributed by atoms with Gasteiger partial charge in [0.25, 0.3) is 0 Å². The maximum atomic E-state index is 10.5. The van der Waals surface area contributed by atoms with Crippen LogP contribution in [0.4, 0.5) is 0 Å². The fourth-order valence-corrected chi connectivity index (χ4v) is 0.852. The lowest BCUT2D eigenvalue weighted by molar-refractivity contribution is -0.141. The van der Waals surface area contributed by atoms with Gasteiger partial charge in [-0.15, -0.1) is 0 Å². The molecule has 88 valence electrons. The summed E-state index contributed by atoms with van der Waals surface area (Å²) in [5.41, 5.74) is 5.14. The number of carbonyl (C=O) groups is 2. The van der Waals surface area contributed by atoms with E-state index < -0.39 is 17.9 Å². The van der Waals surface area contributed by atoms with Crippen molar-refractivity contribution in [1.29, 1.82) is 0 Å². The van der Waals surface area contributed by atoms with E-state index in [9.17, 15) is 9.59 Å². The summed E-state index contributed by atoms with van der Waals surface area (Å²) in [6, 6.07) is 10.9. The van der Waals surface area contributed by atoms with E-state index in [4.69, 9.17) is 10.8 Å². The first-order valence-corrected chi connectivity index (χ1v) is 4.95. The second-order valence-corrected chi connectivity index (χ2v) is 3.42. The monoisotopic (exact) mass is 223 g/mol. The van der Waals surface area contributed by atoms with Crippen LogP contribution in [0.1, 0.15) is 13.8 Å². The number of aliphatic carboxylic acids is 1. The number of rotatable bonds is 3.